The first-order valence-corrected chi connectivity index (χ1v) is 5.45. The normalized spacial score (nSPS) is 13.8. The molecular weight excluding hydrogens is 234 g/mol. The van der Waals surface area contributed by atoms with Gasteiger partial charge >= 0.3 is 0 Å². The van der Waals surface area contributed by atoms with Crippen molar-refractivity contribution >= 4 is 17.5 Å². The summed E-state index contributed by atoms with van der Waals surface area (Å²) in [5.41, 5.74) is 3.40. The Hall–Kier alpha value is -2.37. The molecule has 0 bridgehead atoms. The van der Waals surface area contributed by atoms with E-state index in [9.17, 15) is 9.59 Å². The van der Waals surface area contributed by atoms with E-state index in [1.807, 2.05) is 24.3 Å². The van der Waals surface area contributed by atoms with E-state index in [1.165, 1.54) is 0 Å². The summed E-state index contributed by atoms with van der Waals surface area (Å²) < 4.78 is 5.04. The molecule has 2 amide bonds. The molecule has 1 aromatic carbocycles. The smallest absolute Gasteiger partial charge is 0.268 e. The summed E-state index contributed by atoms with van der Waals surface area (Å²) in [6.07, 6.45) is 0.0362. The molecule has 0 fully saturated rings. The molecule has 18 heavy (non-hydrogen) atoms. The summed E-state index contributed by atoms with van der Waals surface area (Å²) >= 11 is 0. The molecule has 1 aliphatic heterocycles. The number of ether oxygens (including phenoxy) is 1. The number of nitrogens with one attached hydrogen (secondary N) is 2. The summed E-state index contributed by atoms with van der Waals surface area (Å²) in [7, 11) is 1.60. The molecule has 6 nitrogen and oxygen atoms in total. The van der Waals surface area contributed by atoms with Crippen molar-refractivity contribution < 1.29 is 14.3 Å². The van der Waals surface area contributed by atoms with Gasteiger partial charge in [-0.15, -0.1) is 0 Å². The first kappa shape index (κ1) is 12.1. The van der Waals surface area contributed by atoms with Crippen molar-refractivity contribution in [3.8, 4) is 5.75 Å². The molecule has 0 saturated heterocycles. The highest BCUT2D eigenvalue weighted by atomic mass is 16.5. The van der Waals surface area contributed by atoms with E-state index < -0.39 is 0 Å². The van der Waals surface area contributed by atoms with Crippen molar-refractivity contribution in [2.45, 2.75) is 13.0 Å². The minimum Gasteiger partial charge on any atom is -0.497 e. The lowest BCUT2D eigenvalue weighted by molar-refractivity contribution is -0.120. The molecule has 1 heterocycles. The van der Waals surface area contributed by atoms with Gasteiger partial charge in [0.25, 0.3) is 5.91 Å². The first-order valence-electron chi connectivity index (χ1n) is 5.45. The summed E-state index contributed by atoms with van der Waals surface area (Å²) in [5, 5.41) is 6.34. The zero-order chi connectivity index (χ0) is 13.0. The van der Waals surface area contributed by atoms with Crippen LogP contribution >= 0.6 is 0 Å². The average Bonchev–Trinajstić information content (AvgIpc) is 2.83. The zero-order valence-electron chi connectivity index (χ0n) is 9.90. The topological polar surface area (TPSA) is 79.8 Å². The minimum atomic E-state index is -0.329. The number of hydrazone groups is 1. The van der Waals surface area contributed by atoms with Gasteiger partial charge in [0.15, 0.2) is 0 Å². The molecule has 94 valence electrons. The van der Waals surface area contributed by atoms with Crippen LogP contribution in [0.3, 0.4) is 0 Å². The minimum absolute atomic E-state index is 0.0362. The Morgan fingerprint density at radius 1 is 1.44 bits per heavy atom. The van der Waals surface area contributed by atoms with Gasteiger partial charge in [-0.25, -0.2) is 5.43 Å². The van der Waals surface area contributed by atoms with Gasteiger partial charge in [-0.1, -0.05) is 12.1 Å². The number of hydrogen-bond donors (Lipinski definition) is 2. The highest BCUT2D eigenvalue weighted by Crippen LogP contribution is 2.10. The third-order valence-corrected chi connectivity index (χ3v) is 2.52. The third kappa shape index (κ3) is 2.85. The van der Waals surface area contributed by atoms with Crippen LogP contribution in [-0.4, -0.2) is 24.6 Å². The predicted molar refractivity (Wildman–Crippen MR) is 65.0 cm³/mol. The number of methoxy groups -OCH3 is 1. The molecule has 1 aromatic rings. The third-order valence-electron chi connectivity index (χ3n) is 2.52. The van der Waals surface area contributed by atoms with Crippen molar-refractivity contribution in [2.75, 3.05) is 7.11 Å². The standard InChI is InChI=1S/C12H13N3O3/c1-18-9-4-2-8(3-5-9)7-13-12(17)10-6-11(16)15-14-10/h2-5H,6-7H2,1H3,(H,13,17)(H,15,16). The first-order chi connectivity index (χ1) is 8.69. The SMILES string of the molecule is COc1ccc(CNC(=O)C2=NNC(=O)C2)cc1. The number of amides is 2. The summed E-state index contributed by atoms with van der Waals surface area (Å²) in [6.45, 7) is 0.385. The second-order valence-corrected chi connectivity index (χ2v) is 3.80. The molecule has 0 saturated carbocycles. The Bertz CT molecular complexity index is 494. The van der Waals surface area contributed by atoms with E-state index in [0.29, 0.717) is 6.54 Å². The Labute approximate surface area is 104 Å². The van der Waals surface area contributed by atoms with Crippen LogP contribution in [0.2, 0.25) is 0 Å². The van der Waals surface area contributed by atoms with Gasteiger partial charge in [0.1, 0.15) is 11.5 Å². The zero-order valence-corrected chi connectivity index (χ0v) is 9.90. The Morgan fingerprint density at radius 2 is 2.17 bits per heavy atom. The van der Waals surface area contributed by atoms with Crippen molar-refractivity contribution in [1.82, 2.24) is 10.7 Å². The number of nitrogens with zero attached hydrogens (tertiary/aromatic N) is 1. The van der Waals surface area contributed by atoms with Crippen molar-refractivity contribution in [1.29, 1.82) is 0 Å². The molecule has 0 spiro atoms. The number of benzene rings is 1. The number of rotatable bonds is 4. The fraction of sp³-hybridized carbons (Fsp3) is 0.250. The lowest BCUT2D eigenvalue weighted by atomic mass is 10.2. The maximum absolute atomic E-state index is 11.6. The van der Waals surface area contributed by atoms with E-state index in [0.717, 1.165) is 11.3 Å². The quantitative estimate of drug-likeness (QED) is 0.797. The van der Waals surface area contributed by atoms with Gasteiger partial charge in [-0.3, -0.25) is 9.59 Å². The van der Waals surface area contributed by atoms with Crippen LogP contribution in [0.25, 0.3) is 0 Å². The van der Waals surface area contributed by atoms with Crippen molar-refractivity contribution in [3.05, 3.63) is 29.8 Å². The number of hydrogen-bond acceptors (Lipinski definition) is 4. The molecule has 6 heteroatoms. The van der Waals surface area contributed by atoms with Crippen molar-refractivity contribution in [3.63, 3.8) is 0 Å². The van der Waals surface area contributed by atoms with Crippen LogP contribution in [0.4, 0.5) is 0 Å². The maximum Gasteiger partial charge on any atom is 0.268 e. The summed E-state index contributed by atoms with van der Waals surface area (Å²) in [4.78, 5) is 22.5. The van der Waals surface area contributed by atoms with Crippen LogP contribution in [0, 0.1) is 0 Å². The Kier molecular flexibility index (Phi) is 3.57. The predicted octanol–water partition coefficient (Wildman–Crippen LogP) is 0.187. The summed E-state index contributed by atoms with van der Waals surface area (Å²) in [6, 6.07) is 7.36. The van der Waals surface area contributed by atoms with Crippen LogP contribution in [0.1, 0.15) is 12.0 Å². The second-order valence-electron chi connectivity index (χ2n) is 3.80. The Morgan fingerprint density at radius 3 is 2.72 bits per heavy atom. The van der Waals surface area contributed by atoms with Gasteiger partial charge in [0.05, 0.1) is 13.5 Å². The van der Waals surface area contributed by atoms with Gasteiger partial charge in [-0.05, 0) is 17.7 Å². The van der Waals surface area contributed by atoms with Gasteiger partial charge in [0.2, 0.25) is 5.91 Å². The van der Waals surface area contributed by atoms with Crippen LogP contribution in [0.15, 0.2) is 29.4 Å². The number of carbonyl (C=O) groups excluding carboxylic acids is 2. The summed E-state index contributed by atoms with van der Waals surface area (Å²) in [5.74, 6) is 0.175. The van der Waals surface area contributed by atoms with E-state index in [2.05, 4.69) is 15.8 Å². The second kappa shape index (κ2) is 5.31. The molecule has 0 unspecified atom stereocenters. The molecule has 0 aliphatic carbocycles. The van der Waals surface area contributed by atoms with E-state index in [4.69, 9.17) is 4.74 Å². The molecule has 0 aromatic heterocycles. The van der Waals surface area contributed by atoms with E-state index >= 15 is 0 Å². The van der Waals surface area contributed by atoms with Crippen LogP contribution in [-0.2, 0) is 16.1 Å². The number of carbonyl (C=O) groups is 2. The van der Waals surface area contributed by atoms with E-state index in [-0.39, 0.29) is 23.9 Å². The molecule has 0 radical (unpaired) electrons. The van der Waals surface area contributed by atoms with Crippen LogP contribution in [0.5, 0.6) is 5.75 Å². The lowest BCUT2D eigenvalue weighted by Crippen LogP contribution is -2.30. The maximum atomic E-state index is 11.6. The molecule has 2 rings (SSSR count). The van der Waals surface area contributed by atoms with Gasteiger partial charge < -0.3 is 10.1 Å². The van der Waals surface area contributed by atoms with Crippen molar-refractivity contribution in [2.24, 2.45) is 5.10 Å². The molecule has 2 N–H and O–H groups in total. The van der Waals surface area contributed by atoms with E-state index in [1.54, 1.807) is 7.11 Å². The molecule has 1 aliphatic rings. The fourth-order valence-electron chi connectivity index (χ4n) is 1.52. The van der Waals surface area contributed by atoms with Gasteiger partial charge in [-0.2, -0.15) is 5.10 Å². The molecular formula is C12H13N3O3. The largest absolute Gasteiger partial charge is 0.497 e. The molecule has 0 atom stereocenters. The average molecular weight is 247 g/mol. The highest BCUT2D eigenvalue weighted by Gasteiger charge is 2.20. The monoisotopic (exact) mass is 247 g/mol. The Balaban J connectivity index is 1.87. The lowest BCUT2D eigenvalue weighted by Gasteiger charge is -2.05. The fourth-order valence-corrected chi connectivity index (χ4v) is 1.52. The van der Waals surface area contributed by atoms with Crippen LogP contribution < -0.4 is 15.5 Å². The highest BCUT2D eigenvalue weighted by molar-refractivity contribution is 6.43. The van der Waals surface area contributed by atoms with Gasteiger partial charge in [0, 0.05) is 6.54 Å².